The first kappa shape index (κ1) is 13.8. The van der Waals surface area contributed by atoms with Gasteiger partial charge in [-0.1, -0.05) is 12.1 Å². The number of aromatic amines is 1. The molecular formula is C15H18N4O2. The van der Waals surface area contributed by atoms with Crippen LogP contribution in [0.4, 0.5) is 5.69 Å². The summed E-state index contributed by atoms with van der Waals surface area (Å²) in [6, 6.07) is 9.49. The zero-order valence-electron chi connectivity index (χ0n) is 11.6. The highest BCUT2D eigenvalue weighted by atomic mass is 16.5. The van der Waals surface area contributed by atoms with Gasteiger partial charge in [0.25, 0.3) is 5.91 Å². The standard InChI is InChI=1S/C15H18N4O2/c16-9-12-4-5-14(21-12)15(20)18-11-3-1-2-10(8-11)13-6-7-17-19-13/h1-3,6-8,12,14H,4-5,9,16H2,(H,17,19)(H,18,20)/t12-,14+/m1/s1. The number of H-pyrrole nitrogens is 1. The van der Waals surface area contributed by atoms with Gasteiger partial charge in [-0.3, -0.25) is 9.89 Å². The van der Waals surface area contributed by atoms with Crippen LogP contribution in [0.5, 0.6) is 0 Å². The summed E-state index contributed by atoms with van der Waals surface area (Å²) in [4.78, 5) is 12.2. The number of rotatable bonds is 4. The lowest BCUT2D eigenvalue weighted by Gasteiger charge is -2.13. The molecule has 21 heavy (non-hydrogen) atoms. The van der Waals surface area contributed by atoms with E-state index in [4.69, 9.17) is 10.5 Å². The Kier molecular flexibility index (Phi) is 3.98. The molecule has 110 valence electrons. The van der Waals surface area contributed by atoms with Gasteiger partial charge in [0.2, 0.25) is 0 Å². The number of nitrogens with two attached hydrogens (primary N) is 1. The van der Waals surface area contributed by atoms with Crippen LogP contribution < -0.4 is 11.1 Å². The van der Waals surface area contributed by atoms with Gasteiger partial charge < -0.3 is 15.8 Å². The highest BCUT2D eigenvalue weighted by Crippen LogP contribution is 2.23. The highest BCUT2D eigenvalue weighted by molar-refractivity contribution is 5.94. The zero-order valence-corrected chi connectivity index (χ0v) is 11.6. The normalized spacial score (nSPS) is 21.4. The van der Waals surface area contributed by atoms with Gasteiger partial charge >= 0.3 is 0 Å². The van der Waals surface area contributed by atoms with E-state index in [2.05, 4.69) is 15.5 Å². The van der Waals surface area contributed by atoms with Crippen LogP contribution >= 0.6 is 0 Å². The molecule has 2 aromatic rings. The number of nitrogens with one attached hydrogen (secondary N) is 2. The fourth-order valence-electron chi connectivity index (χ4n) is 2.48. The zero-order chi connectivity index (χ0) is 14.7. The second-order valence-electron chi connectivity index (χ2n) is 5.10. The molecule has 1 saturated heterocycles. The maximum absolute atomic E-state index is 12.2. The van der Waals surface area contributed by atoms with E-state index < -0.39 is 6.10 Å². The largest absolute Gasteiger partial charge is 0.364 e. The number of hydrogen-bond donors (Lipinski definition) is 3. The first-order chi connectivity index (χ1) is 10.3. The highest BCUT2D eigenvalue weighted by Gasteiger charge is 2.29. The number of aromatic nitrogens is 2. The molecule has 1 aromatic heterocycles. The van der Waals surface area contributed by atoms with Crippen molar-refractivity contribution >= 4 is 11.6 Å². The van der Waals surface area contributed by atoms with Crippen molar-refractivity contribution in [2.75, 3.05) is 11.9 Å². The number of amides is 1. The number of anilines is 1. The number of carbonyl (C=O) groups excluding carboxylic acids is 1. The van der Waals surface area contributed by atoms with Crippen LogP contribution in [-0.2, 0) is 9.53 Å². The van der Waals surface area contributed by atoms with Crippen molar-refractivity contribution in [1.29, 1.82) is 0 Å². The summed E-state index contributed by atoms with van der Waals surface area (Å²) in [7, 11) is 0. The molecule has 1 aromatic carbocycles. The minimum Gasteiger partial charge on any atom is -0.364 e. The van der Waals surface area contributed by atoms with E-state index >= 15 is 0 Å². The Hall–Kier alpha value is -2.18. The van der Waals surface area contributed by atoms with Crippen LogP contribution in [-0.4, -0.2) is 34.9 Å². The van der Waals surface area contributed by atoms with Crippen molar-refractivity contribution < 1.29 is 9.53 Å². The summed E-state index contributed by atoms with van der Waals surface area (Å²) < 4.78 is 5.59. The van der Waals surface area contributed by atoms with Crippen molar-refractivity contribution in [3.05, 3.63) is 36.5 Å². The monoisotopic (exact) mass is 286 g/mol. The predicted molar refractivity (Wildman–Crippen MR) is 79.6 cm³/mol. The maximum atomic E-state index is 12.2. The molecule has 1 aliphatic heterocycles. The van der Waals surface area contributed by atoms with Gasteiger partial charge in [-0.2, -0.15) is 5.10 Å². The van der Waals surface area contributed by atoms with Crippen molar-refractivity contribution in [2.45, 2.75) is 25.0 Å². The molecule has 1 fully saturated rings. The minimum atomic E-state index is -0.408. The van der Waals surface area contributed by atoms with Crippen LogP contribution in [0.15, 0.2) is 36.5 Å². The quantitative estimate of drug-likeness (QED) is 0.794. The van der Waals surface area contributed by atoms with E-state index in [0.29, 0.717) is 13.0 Å². The van der Waals surface area contributed by atoms with Gasteiger partial charge in [0.1, 0.15) is 6.10 Å². The Balaban J connectivity index is 1.68. The molecule has 1 amide bonds. The topological polar surface area (TPSA) is 93.0 Å². The van der Waals surface area contributed by atoms with Gasteiger partial charge in [0, 0.05) is 24.0 Å². The molecule has 0 bridgehead atoms. The number of ether oxygens (including phenoxy) is 1. The molecule has 0 saturated carbocycles. The molecule has 3 rings (SSSR count). The third-order valence-corrected chi connectivity index (χ3v) is 3.60. The Morgan fingerprint density at radius 3 is 3.05 bits per heavy atom. The van der Waals surface area contributed by atoms with Gasteiger partial charge in [0.15, 0.2) is 0 Å². The summed E-state index contributed by atoms with van der Waals surface area (Å²) >= 11 is 0. The average molecular weight is 286 g/mol. The molecule has 4 N–H and O–H groups in total. The average Bonchev–Trinajstić information content (AvgIpc) is 3.19. The van der Waals surface area contributed by atoms with Gasteiger partial charge in [0.05, 0.1) is 11.8 Å². The van der Waals surface area contributed by atoms with Crippen molar-refractivity contribution in [3.63, 3.8) is 0 Å². The Morgan fingerprint density at radius 1 is 1.43 bits per heavy atom. The molecule has 0 spiro atoms. The van der Waals surface area contributed by atoms with Gasteiger partial charge in [-0.25, -0.2) is 0 Å². The van der Waals surface area contributed by atoms with E-state index in [9.17, 15) is 4.79 Å². The summed E-state index contributed by atoms with van der Waals surface area (Å²) in [6.07, 6.45) is 2.84. The van der Waals surface area contributed by atoms with Crippen molar-refractivity contribution in [1.82, 2.24) is 10.2 Å². The first-order valence-corrected chi connectivity index (χ1v) is 7.02. The molecule has 2 heterocycles. The molecule has 2 atom stereocenters. The van der Waals surface area contributed by atoms with E-state index in [0.717, 1.165) is 23.4 Å². The minimum absolute atomic E-state index is 0.00271. The summed E-state index contributed by atoms with van der Waals surface area (Å²) in [5.41, 5.74) is 8.18. The Labute approximate surface area is 122 Å². The molecule has 0 radical (unpaired) electrons. The molecule has 6 heteroatoms. The molecular weight excluding hydrogens is 268 g/mol. The van der Waals surface area contributed by atoms with Crippen LogP contribution in [0.1, 0.15) is 12.8 Å². The predicted octanol–water partition coefficient (Wildman–Crippen LogP) is 1.52. The smallest absolute Gasteiger partial charge is 0.253 e. The fourth-order valence-corrected chi connectivity index (χ4v) is 2.48. The lowest BCUT2D eigenvalue weighted by atomic mass is 10.1. The maximum Gasteiger partial charge on any atom is 0.253 e. The summed E-state index contributed by atoms with van der Waals surface area (Å²) in [6.45, 7) is 0.457. The number of hydrogen-bond acceptors (Lipinski definition) is 4. The second-order valence-corrected chi connectivity index (χ2v) is 5.10. The van der Waals surface area contributed by atoms with Crippen LogP contribution in [0.3, 0.4) is 0 Å². The number of nitrogens with zero attached hydrogens (tertiary/aromatic N) is 1. The Morgan fingerprint density at radius 2 is 2.33 bits per heavy atom. The van der Waals surface area contributed by atoms with Gasteiger partial charge in [-0.05, 0) is 31.0 Å². The molecule has 0 aliphatic carbocycles. The fraction of sp³-hybridized carbons (Fsp3) is 0.333. The van der Waals surface area contributed by atoms with Crippen LogP contribution in [0.25, 0.3) is 11.3 Å². The second kappa shape index (κ2) is 6.07. The third kappa shape index (κ3) is 3.12. The van der Waals surface area contributed by atoms with E-state index in [-0.39, 0.29) is 12.0 Å². The van der Waals surface area contributed by atoms with E-state index in [1.165, 1.54) is 0 Å². The first-order valence-electron chi connectivity index (χ1n) is 7.02. The molecule has 6 nitrogen and oxygen atoms in total. The lowest BCUT2D eigenvalue weighted by Crippen LogP contribution is -2.29. The summed E-state index contributed by atoms with van der Waals surface area (Å²) in [5, 5.41) is 9.72. The molecule has 0 unspecified atom stereocenters. The van der Waals surface area contributed by atoms with E-state index in [1.807, 2.05) is 30.3 Å². The summed E-state index contributed by atoms with van der Waals surface area (Å²) in [5.74, 6) is -0.118. The van der Waals surface area contributed by atoms with Crippen molar-refractivity contribution in [3.8, 4) is 11.3 Å². The number of carbonyl (C=O) groups is 1. The van der Waals surface area contributed by atoms with E-state index in [1.54, 1.807) is 6.20 Å². The van der Waals surface area contributed by atoms with Gasteiger partial charge in [-0.15, -0.1) is 0 Å². The lowest BCUT2D eigenvalue weighted by molar-refractivity contribution is -0.126. The number of benzene rings is 1. The SMILES string of the molecule is NC[C@H]1CC[C@@H](C(=O)Nc2cccc(-c3ccn[nH]3)c2)O1. The van der Waals surface area contributed by atoms with Crippen LogP contribution in [0.2, 0.25) is 0 Å². The van der Waals surface area contributed by atoms with Crippen molar-refractivity contribution in [2.24, 2.45) is 5.73 Å². The molecule has 1 aliphatic rings. The Bertz CT molecular complexity index is 612. The van der Waals surface area contributed by atoms with Crippen LogP contribution in [0, 0.1) is 0 Å². The third-order valence-electron chi connectivity index (χ3n) is 3.60.